The molecule has 45 heavy (non-hydrogen) atoms. The minimum atomic E-state index is -4.14. The van der Waals surface area contributed by atoms with Gasteiger partial charge >= 0.3 is 0 Å². The summed E-state index contributed by atoms with van der Waals surface area (Å²) in [5.74, 6) is -0.784. The molecule has 1 atom stereocenters. The summed E-state index contributed by atoms with van der Waals surface area (Å²) in [7, 11) is -4.14. The van der Waals surface area contributed by atoms with Crippen molar-refractivity contribution in [2.24, 2.45) is 0 Å². The fraction of sp³-hybridized carbons (Fsp3) is 0.257. The van der Waals surface area contributed by atoms with Gasteiger partial charge in [0.15, 0.2) is 0 Å². The third-order valence-corrected chi connectivity index (χ3v) is 10.9. The molecule has 1 saturated carbocycles. The van der Waals surface area contributed by atoms with E-state index in [-0.39, 0.29) is 29.8 Å². The molecule has 10 heteroatoms. The molecule has 0 radical (unpaired) electrons. The Labute approximate surface area is 283 Å². The predicted octanol–water partition coefficient (Wildman–Crippen LogP) is 6.84. The van der Waals surface area contributed by atoms with Gasteiger partial charge in [-0.3, -0.25) is 13.9 Å². The summed E-state index contributed by atoms with van der Waals surface area (Å²) in [4.78, 5) is 30.2. The predicted molar refractivity (Wildman–Crippen MR) is 186 cm³/mol. The largest absolute Gasteiger partial charge is 0.352 e. The van der Waals surface area contributed by atoms with Crippen LogP contribution in [0.25, 0.3) is 0 Å². The molecule has 0 spiro atoms. The Bertz CT molecular complexity index is 1700. The fourth-order valence-electron chi connectivity index (χ4n) is 5.59. The number of amides is 2. The normalized spacial score (nSPS) is 14.1. The van der Waals surface area contributed by atoms with E-state index in [1.807, 2.05) is 42.5 Å². The summed E-state index contributed by atoms with van der Waals surface area (Å²) in [6.07, 6.45) is 4.11. The van der Waals surface area contributed by atoms with Gasteiger partial charge in [0.2, 0.25) is 11.8 Å². The van der Waals surface area contributed by atoms with E-state index in [1.54, 1.807) is 54.6 Å². The van der Waals surface area contributed by atoms with E-state index in [1.165, 1.54) is 17.0 Å². The van der Waals surface area contributed by atoms with Crippen LogP contribution in [0.5, 0.6) is 0 Å². The highest BCUT2D eigenvalue weighted by molar-refractivity contribution is 14.1. The van der Waals surface area contributed by atoms with Crippen LogP contribution in [0.1, 0.15) is 36.8 Å². The third-order valence-electron chi connectivity index (χ3n) is 8.00. The van der Waals surface area contributed by atoms with Crippen LogP contribution >= 0.6 is 34.2 Å². The Balaban J connectivity index is 1.56. The highest BCUT2D eigenvalue weighted by Crippen LogP contribution is 2.27. The number of hydrogen-bond acceptors (Lipinski definition) is 4. The number of anilines is 1. The third kappa shape index (κ3) is 8.45. The van der Waals surface area contributed by atoms with Crippen molar-refractivity contribution < 1.29 is 18.0 Å². The van der Waals surface area contributed by atoms with Gasteiger partial charge in [0.05, 0.1) is 10.6 Å². The quantitative estimate of drug-likeness (QED) is 0.161. The standard InChI is InChI=1S/C35H35ClIN3O4S/c36-32-18-10-7-13-27(32)24-39(33(23-26-11-3-1-4-12-26)35(42)38-29-14-8-9-15-29)34(41)25-40(30-21-19-28(37)20-22-30)45(43,44)31-16-5-2-6-17-31/h1-7,10-13,16-22,29,33H,8-9,14-15,23-25H2,(H,38,42)/t33-/m0/s1. The van der Waals surface area contributed by atoms with Crippen molar-refractivity contribution in [1.29, 1.82) is 0 Å². The molecule has 1 aliphatic carbocycles. The van der Waals surface area contributed by atoms with Gasteiger partial charge in [0.1, 0.15) is 12.6 Å². The van der Waals surface area contributed by atoms with Crippen LogP contribution in [-0.4, -0.2) is 43.8 Å². The molecule has 0 heterocycles. The Morgan fingerprint density at radius 3 is 2.09 bits per heavy atom. The smallest absolute Gasteiger partial charge is 0.264 e. The van der Waals surface area contributed by atoms with E-state index in [0.29, 0.717) is 16.3 Å². The molecule has 1 N–H and O–H groups in total. The molecule has 7 nitrogen and oxygen atoms in total. The first-order valence-corrected chi connectivity index (χ1v) is 17.8. The molecule has 5 rings (SSSR count). The molecule has 4 aromatic rings. The van der Waals surface area contributed by atoms with Crippen LogP contribution in [-0.2, 0) is 32.6 Å². The molecule has 1 fully saturated rings. The molecule has 0 saturated heterocycles. The number of nitrogens with zero attached hydrogens (tertiary/aromatic N) is 2. The summed E-state index contributed by atoms with van der Waals surface area (Å²) in [6.45, 7) is -0.482. The number of carbonyl (C=O) groups excluding carboxylic acids is 2. The van der Waals surface area contributed by atoms with Crippen LogP contribution < -0.4 is 9.62 Å². The lowest BCUT2D eigenvalue weighted by Crippen LogP contribution is -2.54. The van der Waals surface area contributed by atoms with Gasteiger partial charge in [-0.15, -0.1) is 0 Å². The minimum absolute atomic E-state index is 0.0278. The number of rotatable bonds is 12. The highest BCUT2D eigenvalue weighted by Gasteiger charge is 2.35. The van der Waals surface area contributed by atoms with Crippen molar-refractivity contribution in [3.05, 3.63) is 129 Å². The second kappa shape index (κ2) is 15.2. The Morgan fingerprint density at radius 1 is 0.844 bits per heavy atom. The van der Waals surface area contributed by atoms with Crippen LogP contribution in [0.3, 0.4) is 0 Å². The lowest BCUT2D eigenvalue weighted by Gasteiger charge is -2.34. The van der Waals surface area contributed by atoms with Crippen LogP contribution in [0.4, 0.5) is 5.69 Å². The van der Waals surface area contributed by atoms with Gasteiger partial charge in [-0.05, 0) is 89.0 Å². The maximum absolute atomic E-state index is 14.6. The van der Waals surface area contributed by atoms with E-state index >= 15 is 0 Å². The van der Waals surface area contributed by atoms with Crippen molar-refractivity contribution >= 4 is 61.7 Å². The van der Waals surface area contributed by atoms with Gasteiger partial charge in [-0.1, -0.05) is 91.2 Å². The average molecular weight is 756 g/mol. The molecule has 0 bridgehead atoms. The Hall–Kier alpha value is -3.41. The van der Waals surface area contributed by atoms with Crippen LogP contribution in [0, 0.1) is 3.57 Å². The first kappa shape index (κ1) is 33.0. The molecular weight excluding hydrogens is 721 g/mol. The van der Waals surface area contributed by atoms with E-state index in [9.17, 15) is 18.0 Å². The zero-order valence-electron chi connectivity index (χ0n) is 24.7. The van der Waals surface area contributed by atoms with Gasteiger partial charge in [-0.2, -0.15) is 0 Å². The zero-order valence-corrected chi connectivity index (χ0v) is 28.4. The van der Waals surface area contributed by atoms with E-state index in [0.717, 1.165) is 39.1 Å². The first-order chi connectivity index (χ1) is 21.7. The zero-order chi connectivity index (χ0) is 31.8. The fourth-order valence-corrected chi connectivity index (χ4v) is 7.58. The van der Waals surface area contributed by atoms with Gasteiger partial charge in [0.25, 0.3) is 10.0 Å². The number of benzene rings is 4. The molecular formula is C35H35ClIN3O4S. The van der Waals surface area contributed by atoms with Crippen LogP contribution in [0.15, 0.2) is 114 Å². The SMILES string of the molecule is O=C(NC1CCCC1)[C@H](Cc1ccccc1)N(Cc1ccccc1Cl)C(=O)CN(c1ccc(I)cc1)S(=O)(=O)c1ccccc1. The van der Waals surface area contributed by atoms with Gasteiger partial charge in [0, 0.05) is 27.6 Å². The monoisotopic (exact) mass is 755 g/mol. The van der Waals surface area contributed by atoms with E-state index in [4.69, 9.17) is 11.6 Å². The topological polar surface area (TPSA) is 86.8 Å². The second-order valence-corrected chi connectivity index (χ2v) is 14.6. The van der Waals surface area contributed by atoms with Crippen molar-refractivity contribution in [3.63, 3.8) is 0 Å². The summed E-state index contributed by atoms with van der Waals surface area (Å²) in [5.41, 5.74) is 1.89. The number of sulfonamides is 1. The first-order valence-electron chi connectivity index (χ1n) is 14.9. The second-order valence-electron chi connectivity index (χ2n) is 11.1. The molecule has 1 aliphatic rings. The summed E-state index contributed by atoms with van der Waals surface area (Å²) in [6, 6.07) is 30.8. The molecule has 234 valence electrons. The van der Waals surface area contributed by atoms with Crippen molar-refractivity contribution in [2.75, 3.05) is 10.8 Å². The summed E-state index contributed by atoms with van der Waals surface area (Å²) < 4.78 is 30.2. The van der Waals surface area contributed by atoms with E-state index < -0.39 is 28.5 Å². The molecule has 2 amide bonds. The minimum Gasteiger partial charge on any atom is -0.352 e. The number of carbonyl (C=O) groups is 2. The number of halogens is 2. The molecule has 0 unspecified atom stereocenters. The van der Waals surface area contributed by atoms with Crippen molar-refractivity contribution in [2.45, 2.75) is 55.6 Å². The Kier molecular flexibility index (Phi) is 11.2. The number of nitrogens with one attached hydrogen (secondary N) is 1. The Morgan fingerprint density at radius 2 is 1.44 bits per heavy atom. The molecule has 0 aliphatic heterocycles. The maximum Gasteiger partial charge on any atom is 0.264 e. The summed E-state index contributed by atoms with van der Waals surface area (Å²) >= 11 is 8.73. The van der Waals surface area contributed by atoms with Gasteiger partial charge < -0.3 is 10.2 Å². The maximum atomic E-state index is 14.6. The average Bonchev–Trinajstić information content (AvgIpc) is 3.56. The van der Waals surface area contributed by atoms with Crippen molar-refractivity contribution in [1.82, 2.24) is 10.2 Å². The van der Waals surface area contributed by atoms with E-state index in [2.05, 4.69) is 27.9 Å². The molecule has 0 aromatic heterocycles. The van der Waals surface area contributed by atoms with Gasteiger partial charge in [-0.25, -0.2) is 8.42 Å². The lowest BCUT2D eigenvalue weighted by molar-refractivity contribution is -0.140. The van der Waals surface area contributed by atoms with Crippen molar-refractivity contribution in [3.8, 4) is 0 Å². The van der Waals surface area contributed by atoms with Crippen LogP contribution in [0.2, 0.25) is 5.02 Å². The summed E-state index contributed by atoms with van der Waals surface area (Å²) in [5, 5.41) is 3.64. The highest BCUT2D eigenvalue weighted by atomic mass is 127. The lowest BCUT2D eigenvalue weighted by atomic mass is 10.0. The number of hydrogen-bond donors (Lipinski definition) is 1. The molecule has 4 aromatic carbocycles.